The van der Waals surface area contributed by atoms with Gasteiger partial charge in [0.05, 0.1) is 39.5 Å². The van der Waals surface area contributed by atoms with Crippen molar-refractivity contribution in [3.8, 4) is 56.0 Å². The first-order valence-electron chi connectivity index (χ1n) is 42.9. The Morgan fingerprint density at radius 1 is 0.210 bits per heavy atom. The molecule has 578 valence electrons. The van der Waals surface area contributed by atoms with Crippen molar-refractivity contribution in [2.45, 2.75) is 5.41 Å². The van der Waals surface area contributed by atoms with Crippen molar-refractivity contribution in [2.24, 2.45) is 0 Å². The summed E-state index contributed by atoms with van der Waals surface area (Å²) in [4.78, 5) is 15.3. The van der Waals surface area contributed by atoms with Gasteiger partial charge < -0.3 is 34.1 Å². The van der Waals surface area contributed by atoms with Crippen molar-refractivity contribution in [1.29, 1.82) is 0 Å². The summed E-state index contributed by atoms with van der Waals surface area (Å²) in [6, 6.07) is 172. The smallest absolute Gasteiger partial charge is 0.256 e. The van der Waals surface area contributed by atoms with Crippen LogP contribution in [0.25, 0.3) is 44.5 Å². The largest absolute Gasteiger partial charge is 0.458 e. The van der Waals surface area contributed by atoms with E-state index in [1.165, 1.54) is 55.2 Å². The molecule has 5 heterocycles. The van der Waals surface area contributed by atoms with Gasteiger partial charge in [-0.3, -0.25) is 0 Å². The first kappa shape index (κ1) is 70.9. The minimum atomic E-state index is -0.995. The molecule has 6 aliphatic rings. The van der Waals surface area contributed by atoms with E-state index in [1.807, 2.05) is 0 Å². The van der Waals surface area contributed by atoms with Crippen molar-refractivity contribution in [1.82, 2.24) is 0 Å². The summed E-state index contributed by atoms with van der Waals surface area (Å²) in [5.74, 6) is 1.63. The molecule has 0 amide bonds. The van der Waals surface area contributed by atoms with Gasteiger partial charge in [-0.25, -0.2) is 0 Å². The molecular weight excluding hydrogens is 1500 g/mol. The van der Waals surface area contributed by atoms with Crippen molar-refractivity contribution >= 4 is 149 Å². The molecule has 1 aliphatic carbocycles. The van der Waals surface area contributed by atoms with Crippen molar-refractivity contribution in [3.05, 3.63) is 483 Å². The van der Waals surface area contributed by atoms with Crippen molar-refractivity contribution in [2.75, 3.05) is 29.4 Å². The standard InChI is InChI=1S/C115H76B2N6O/c1-10-39-77(40-11-1)88-57-30-35-66-101(88)119(82-49-20-6-21-50-82)87-71-109-113-111(72-87)124-110-68-37-34-65-98(110)117(113)100-74-96-104(76-106(100)122(109)85-55-26-9-27-56-85)123(114-89(78-41-12-2-13-42-78)60-38-61-90(114)79-43-14-3-15-44-79)103-75-105-99(73-95(103)115(96)93-62-31-28-58-91(93)92-59-29-32-63-94(92)115)116-97-64-33-36-67-102(97)120(83-51-22-7-23-52-83)107-69-86(70-108(112(107)116)121(105)84-53-24-8-25-54-84)118(80-45-16-4-17-46-80)81-47-18-5-19-48-81/h1-76H. The van der Waals surface area contributed by atoms with Gasteiger partial charge in [0.15, 0.2) is 0 Å². The predicted octanol–water partition coefficient (Wildman–Crippen LogP) is 26.3. The number of rotatable bonds is 13. The molecule has 0 saturated heterocycles. The molecule has 0 radical (unpaired) electrons. The number of hydrogen-bond donors (Lipinski definition) is 0. The summed E-state index contributed by atoms with van der Waals surface area (Å²) in [6.07, 6.45) is 0. The predicted molar refractivity (Wildman–Crippen MR) is 518 cm³/mol. The number of benzene rings is 19. The van der Waals surface area contributed by atoms with Crippen LogP contribution in [-0.4, -0.2) is 13.4 Å². The second-order valence-corrected chi connectivity index (χ2v) is 32.9. The maximum absolute atomic E-state index is 7.63. The molecule has 25 rings (SSSR count). The van der Waals surface area contributed by atoms with Gasteiger partial charge in [0.25, 0.3) is 13.4 Å². The Kier molecular flexibility index (Phi) is 16.3. The lowest BCUT2D eigenvalue weighted by Crippen LogP contribution is -2.62. The molecule has 19 aromatic carbocycles. The van der Waals surface area contributed by atoms with Crippen LogP contribution >= 0.6 is 0 Å². The lowest BCUT2D eigenvalue weighted by molar-refractivity contribution is 0.487. The molecular formula is C115H76B2N6O. The molecule has 0 saturated carbocycles. The molecule has 9 heteroatoms. The van der Waals surface area contributed by atoms with Gasteiger partial charge in [-0.05, 0) is 204 Å². The summed E-state index contributed by atoms with van der Waals surface area (Å²) in [5.41, 5.74) is 38.8. The highest BCUT2D eigenvalue weighted by Gasteiger charge is 2.56. The monoisotopic (exact) mass is 1580 g/mol. The van der Waals surface area contributed by atoms with E-state index < -0.39 is 5.41 Å². The minimum absolute atomic E-state index is 0.293. The van der Waals surface area contributed by atoms with Crippen molar-refractivity contribution in [3.63, 3.8) is 0 Å². The van der Waals surface area contributed by atoms with Crippen LogP contribution < -0.4 is 66.9 Å². The zero-order valence-corrected chi connectivity index (χ0v) is 67.6. The lowest BCUT2D eigenvalue weighted by atomic mass is 9.33. The molecule has 0 atom stereocenters. The van der Waals surface area contributed by atoms with E-state index in [-0.39, 0.29) is 13.4 Å². The maximum atomic E-state index is 7.63. The summed E-state index contributed by atoms with van der Waals surface area (Å²) < 4.78 is 7.63. The first-order valence-corrected chi connectivity index (χ1v) is 42.9. The summed E-state index contributed by atoms with van der Waals surface area (Å²) in [7, 11) is 0. The van der Waals surface area contributed by atoms with E-state index in [2.05, 4.69) is 490 Å². The number of para-hydroxylation sites is 10. The maximum Gasteiger partial charge on any atom is 0.256 e. The highest BCUT2D eigenvalue weighted by Crippen LogP contribution is 2.67. The second-order valence-electron chi connectivity index (χ2n) is 32.9. The first-order chi connectivity index (χ1) is 61.6. The fourth-order valence-electron chi connectivity index (χ4n) is 21.4. The number of anilines is 18. The van der Waals surface area contributed by atoms with Crippen LogP contribution in [0, 0.1) is 0 Å². The van der Waals surface area contributed by atoms with Crippen molar-refractivity contribution < 1.29 is 4.74 Å². The van der Waals surface area contributed by atoms with Gasteiger partial charge in [-0.15, -0.1) is 0 Å². The molecule has 19 aromatic rings. The molecule has 0 aromatic heterocycles. The van der Waals surface area contributed by atoms with E-state index in [4.69, 9.17) is 4.74 Å². The molecule has 7 nitrogen and oxygen atoms in total. The minimum Gasteiger partial charge on any atom is -0.458 e. The molecule has 0 bridgehead atoms. The number of nitrogens with zero attached hydrogens (tertiary/aromatic N) is 6. The Hall–Kier alpha value is -16.1. The summed E-state index contributed by atoms with van der Waals surface area (Å²) in [6.45, 7) is -0.617. The highest BCUT2D eigenvalue weighted by molar-refractivity contribution is 7.01. The zero-order chi connectivity index (χ0) is 81.5. The molecule has 0 N–H and O–H groups in total. The van der Waals surface area contributed by atoms with E-state index in [9.17, 15) is 0 Å². The van der Waals surface area contributed by atoms with Gasteiger partial charge in [0.2, 0.25) is 0 Å². The Morgan fingerprint density at radius 2 is 0.573 bits per heavy atom. The Morgan fingerprint density at radius 3 is 1.07 bits per heavy atom. The van der Waals surface area contributed by atoms with Crippen LogP contribution in [-0.2, 0) is 5.41 Å². The van der Waals surface area contributed by atoms with Crippen LogP contribution in [0.1, 0.15) is 22.3 Å². The van der Waals surface area contributed by atoms with Gasteiger partial charge in [-0.2, -0.15) is 0 Å². The Balaban J connectivity index is 0.842. The van der Waals surface area contributed by atoms with Crippen LogP contribution in [0.3, 0.4) is 0 Å². The van der Waals surface area contributed by atoms with Gasteiger partial charge in [0.1, 0.15) is 11.5 Å². The highest BCUT2D eigenvalue weighted by atomic mass is 16.5. The number of ether oxygens (including phenoxy) is 1. The van der Waals surface area contributed by atoms with E-state index in [1.54, 1.807) is 0 Å². The molecule has 5 aliphatic heterocycles. The Labute approximate surface area is 722 Å². The molecule has 1 spiro atoms. The molecule has 124 heavy (non-hydrogen) atoms. The fraction of sp³-hybridized carbons (Fsp3) is 0.00870. The quantitative estimate of drug-likeness (QED) is 0.106. The van der Waals surface area contributed by atoms with Crippen LogP contribution in [0.2, 0.25) is 0 Å². The van der Waals surface area contributed by atoms with Crippen LogP contribution in [0.15, 0.2) is 461 Å². The summed E-state index contributed by atoms with van der Waals surface area (Å²) in [5, 5.41) is 0. The van der Waals surface area contributed by atoms with E-state index in [0.717, 1.165) is 158 Å². The van der Waals surface area contributed by atoms with Gasteiger partial charge >= 0.3 is 0 Å². The third kappa shape index (κ3) is 10.8. The Bertz CT molecular complexity index is 7290. The normalized spacial score (nSPS) is 13.4. The number of hydrogen-bond acceptors (Lipinski definition) is 7. The zero-order valence-electron chi connectivity index (χ0n) is 67.6. The second kappa shape index (κ2) is 28.6. The van der Waals surface area contributed by atoms with E-state index >= 15 is 0 Å². The fourth-order valence-corrected chi connectivity index (χ4v) is 21.4. The topological polar surface area (TPSA) is 28.7 Å². The average Bonchev–Trinajstić information content (AvgIpc) is 1.30. The third-order valence-electron chi connectivity index (χ3n) is 26.4. The van der Waals surface area contributed by atoms with Crippen LogP contribution in [0.4, 0.5) is 102 Å². The van der Waals surface area contributed by atoms with Gasteiger partial charge in [0, 0.05) is 91.0 Å². The average molecular weight is 1580 g/mol. The third-order valence-corrected chi connectivity index (χ3v) is 26.4. The van der Waals surface area contributed by atoms with E-state index in [0.29, 0.717) is 0 Å². The molecule has 0 unspecified atom stereocenters. The molecule has 0 fully saturated rings. The number of fused-ring (bicyclic) bond motifs is 17. The van der Waals surface area contributed by atoms with Gasteiger partial charge in [-0.1, -0.05) is 334 Å². The SMILES string of the molecule is c1ccc(-c2ccccc2N(c2ccccc2)c2cc3c4c(c2)N(c2ccccc2)c2cc5c(cc2B4c2ccccc2O3)C2(c3ccccc3-c3ccccc32)c2cc3c(cc2N5c2c(-c4ccccc4)cccc2-c2ccccc2)N(c2ccccc2)c2cc(N(c4ccccc4)c4ccccc4)cc4c2B3c2ccccc2N4c2ccccc2)cc1. The van der Waals surface area contributed by atoms with Crippen LogP contribution in [0.5, 0.6) is 11.5 Å². The lowest BCUT2D eigenvalue weighted by Gasteiger charge is -2.50. The summed E-state index contributed by atoms with van der Waals surface area (Å²) >= 11 is 0.